The van der Waals surface area contributed by atoms with Crippen LogP contribution in [0.3, 0.4) is 0 Å². The smallest absolute Gasteiger partial charge is 0.251 e. The number of halogens is 2. The van der Waals surface area contributed by atoms with Gasteiger partial charge >= 0.3 is 0 Å². The van der Waals surface area contributed by atoms with Crippen LogP contribution in [0.4, 0.5) is 4.39 Å². The molecule has 0 fully saturated rings. The molecule has 4 aromatic rings. The van der Waals surface area contributed by atoms with Crippen molar-refractivity contribution in [3.05, 3.63) is 82.4 Å². The predicted octanol–water partition coefficient (Wildman–Crippen LogP) is 4.19. The Morgan fingerprint density at radius 3 is 2.72 bits per heavy atom. The molecule has 0 unspecified atom stereocenters. The normalized spacial score (nSPS) is 11.0. The number of carbonyl (C=O) groups excluding carboxylic acids is 1. The first-order valence-corrected chi connectivity index (χ1v) is 11.1. The first-order valence-electron chi connectivity index (χ1n) is 9.74. The highest BCUT2D eigenvalue weighted by Gasteiger charge is 2.12. The second-order valence-corrected chi connectivity index (χ2v) is 8.18. The zero-order valence-corrected chi connectivity index (χ0v) is 18.7. The monoisotopic (exact) mass is 471 g/mol. The second-order valence-electron chi connectivity index (χ2n) is 6.78. The van der Waals surface area contributed by atoms with E-state index < -0.39 is 0 Å². The van der Waals surface area contributed by atoms with Gasteiger partial charge in [0.1, 0.15) is 16.6 Å². The summed E-state index contributed by atoms with van der Waals surface area (Å²) >= 11 is 7.47. The third kappa shape index (κ3) is 5.00. The van der Waals surface area contributed by atoms with Crippen molar-refractivity contribution in [2.45, 2.75) is 17.2 Å². The molecule has 2 heterocycles. The van der Waals surface area contributed by atoms with Gasteiger partial charge in [0, 0.05) is 34.9 Å². The summed E-state index contributed by atoms with van der Waals surface area (Å²) in [7, 11) is 1.57. The molecule has 1 N–H and O–H groups in total. The van der Waals surface area contributed by atoms with Crippen LogP contribution in [0, 0.1) is 5.82 Å². The molecule has 7 nitrogen and oxygen atoms in total. The fourth-order valence-electron chi connectivity index (χ4n) is 3.00. The summed E-state index contributed by atoms with van der Waals surface area (Å²) in [4.78, 5) is 12.3. The van der Waals surface area contributed by atoms with Gasteiger partial charge in [-0.15, -0.1) is 10.2 Å². The third-order valence-corrected chi connectivity index (χ3v) is 6.02. The van der Waals surface area contributed by atoms with E-state index in [1.807, 2.05) is 0 Å². The summed E-state index contributed by atoms with van der Waals surface area (Å²) in [6.45, 7) is 0.371. The lowest BCUT2D eigenvalue weighted by atomic mass is 10.2. The molecule has 32 heavy (non-hydrogen) atoms. The zero-order valence-electron chi connectivity index (χ0n) is 17.1. The molecule has 164 valence electrons. The van der Waals surface area contributed by atoms with Gasteiger partial charge < -0.3 is 10.1 Å². The number of nitrogens with one attached hydrogen (secondary N) is 1. The second kappa shape index (κ2) is 9.97. The number of amides is 1. The fourth-order valence-corrected chi connectivity index (χ4v) is 4.20. The standard InChI is InChI=1S/C22H19ClFN5O2S/c1-31-15-7-5-14(6-8-15)22(30)25-12-11-20-27-26-19-9-10-21(28-29(19)20)32-13-16-17(23)3-2-4-18(16)24/h2-10H,11-13H2,1H3,(H,25,30). The van der Waals surface area contributed by atoms with Crippen molar-refractivity contribution in [3.8, 4) is 5.75 Å². The predicted molar refractivity (Wildman–Crippen MR) is 121 cm³/mol. The largest absolute Gasteiger partial charge is 0.497 e. The Morgan fingerprint density at radius 2 is 1.97 bits per heavy atom. The summed E-state index contributed by atoms with van der Waals surface area (Å²) in [6, 6.07) is 15.1. The lowest BCUT2D eigenvalue weighted by Crippen LogP contribution is -2.26. The third-order valence-electron chi connectivity index (χ3n) is 4.72. The molecule has 0 saturated heterocycles. The van der Waals surface area contributed by atoms with Crippen LogP contribution in [0.2, 0.25) is 5.02 Å². The van der Waals surface area contributed by atoms with Crippen LogP contribution in [-0.2, 0) is 12.2 Å². The number of rotatable bonds is 8. The van der Waals surface area contributed by atoms with Crippen molar-refractivity contribution < 1.29 is 13.9 Å². The van der Waals surface area contributed by atoms with E-state index in [0.717, 1.165) is 0 Å². The molecule has 0 atom stereocenters. The minimum atomic E-state index is -0.344. The molecule has 0 radical (unpaired) electrons. The number of nitrogens with zero attached hydrogens (tertiary/aromatic N) is 4. The highest BCUT2D eigenvalue weighted by atomic mass is 35.5. The van der Waals surface area contributed by atoms with Gasteiger partial charge in [0.2, 0.25) is 0 Å². The highest BCUT2D eigenvalue weighted by Crippen LogP contribution is 2.27. The number of methoxy groups -OCH3 is 1. The molecule has 0 saturated carbocycles. The maximum absolute atomic E-state index is 14.0. The van der Waals surface area contributed by atoms with Crippen LogP contribution < -0.4 is 10.1 Å². The van der Waals surface area contributed by atoms with E-state index in [2.05, 4.69) is 20.6 Å². The average molecular weight is 472 g/mol. The molecular weight excluding hydrogens is 453 g/mol. The molecular formula is C22H19ClFN5O2S. The minimum absolute atomic E-state index is 0.188. The Bertz CT molecular complexity index is 1230. The van der Waals surface area contributed by atoms with Crippen LogP contribution in [0.1, 0.15) is 21.7 Å². The number of benzene rings is 2. The van der Waals surface area contributed by atoms with E-state index in [4.69, 9.17) is 16.3 Å². The molecule has 0 aliphatic heterocycles. The fraction of sp³-hybridized carbons (Fsp3) is 0.182. The Labute approximate surface area is 193 Å². The SMILES string of the molecule is COc1ccc(C(=O)NCCc2nnc3ccc(SCc4c(F)cccc4Cl)nn23)cc1. The van der Waals surface area contributed by atoms with Crippen molar-refractivity contribution in [2.75, 3.05) is 13.7 Å². The summed E-state index contributed by atoms with van der Waals surface area (Å²) in [5, 5.41) is 16.8. The number of hydrogen-bond donors (Lipinski definition) is 1. The van der Waals surface area contributed by atoms with Crippen LogP contribution in [0.5, 0.6) is 5.75 Å². The van der Waals surface area contributed by atoms with E-state index >= 15 is 0 Å². The summed E-state index contributed by atoms with van der Waals surface area (Å²) in [5.41, 5.74) is 1.57. The van der Waals surface area contributed by atoms with E-state index in [1.54, 1.807) is 60.2 Å². The maximum Gasteiger partial charge on any atom is 0.251 e. The molecule has 0 spiro atoms. The van der Waals surface area contributed by atoms with Gasteiger partial charge in [-0.3, -0.25) is 4.79 Å². The van der Waals surface area contributed by atoms with Gasteiger partial charge in [0.25, 0.3) is 5.91 Å². The van der Waals surface area contributed by atoms with Crippen molar-refractivity contribution >= 4 is 34.9 Å². The van der Waals surface area contributed by atoms with Gasteiger partial charge in [-0.1, -0.05) is 29.4 Å². The summed E-state index contributed by atoms with van der Waals surface area (Å²) in [6.07, 6.45) is 0.448. The number of fused-ring (bicyclic) bond motifs is 1. The molecule has 1 amide bonds. The summed E-state index contributed by atoms with van der Waals surface area (Å²) < 4.78 is 20.7. The lowest BCUT2D eigenvalue weighted by molar-refractivity contribution is 0.0954. The number of thioether (sulfide) groups is 1. The van der Waals surface area contributed by atoms with Crippen molar-refractivity contribution in [2.24, 2.45) is 0 Å². The van der Waals surface area contributed by atoms with Gasteiger partial charge in [-0.05, 0) is 48.5 Å². The first-order chi connectivity index (χ1) is 15.5. The van der Waals surface area contributed by atoms with E-state index in [9.17, 15) is 9.18 Å². The Morgan fingerprint density at radius 1 is 1.16 bits per heavy atom. The maximum atomic E-state index is 14.0. The highest BCUT2D eigenvalue weighted by molar-refractivity contribution is 7.98. The van der Waals surface area contributed by atoms with E-state index in [1.165, 1.54) is 17.8 Å². The zero-order chi connectivity index (χ0) is 22.5. The molecule has 2 aromatic carbocycles. The number of carbonyl (C=O) groups is 1. The number of ether oxygens (including phenoxy) is 1. The Balaban J connectivity index is 1.39. The average Bonchev–Trinajstić information content (AvgIpc) is 3.21. The van der Waals surface area contributed by atoms with Crippen LogP contribution in [0.25, 0.3) is 5.65 Å². The van der Waals surface area contributed by atoms with Crippen molar-refractivity contribution in [1.82, 2.24) is 25.1 Å². The quantitative estimate of drug-likeness (QED) is 0.388. The van der Waals surface area contributed by atoms with Crippen molar-refractivity contribution in [3.63, 3.8) is 0 Å². The van der Waals surface area contributed by atoms with E-state index in [0.29, 0.717) is 57.1 Å². The van der Waals surface area contributed by atoms with Crippen LogP contribution in [-0.4, -0.2) is 39.4 Å². The molecule has 10 heteroatoms. The lowest BCUT2D eigenvalue weighted by Gasteiger charge is -2.07. The van der Waals surface area contributed by atoms with Crippen LogP contribution >= 0.6 is 23.4 Å². The molecule has 0 aliphatic rings. The van der Waals surface area contributed by atoms with Crippen LogP contribution in [0.15, 0.2) is 59.6 Å². The topological polar surface area (TPSA) is 81.4 Å². The van der Waals surface area contributed by atoms with Crippen molar-refractivity contribution in [1.29, 1.82) is 0 Å². The van der Waals surface area contributed by atoms with Gasteiger partial charge in [-0.25, -0.2) is 4.39 Å². The van der Waals surface area contributed by atoms with Gasteiger partial charge in [-0.2, -0.15) is 9.61 Å². The molecule has 2 aromatic heterocycles. The number of aromatic nitrogens is 4. The molecule has 4 rings (SSSR count). The first kappa shape index (κ1) is 22.0. The van der Waals surface area contributed by atoms with E-state index in [-0.39, 0.29) is 11.7 Å². The van der Waals surface area contributed by atoms with Gasteiger partial charge in [0.15, 0.2) is 11.5 Å². The molecule has 0 bridgehead atoms. The number of hydrogen-bond acceptors (Lipinski definition) is 6. The molecule has 0 aliphatic carbocycles. The Kier molecular flexibility index (Phi) is 6.87. The summed E-state index contributed by atoms with van der Waals surface area (Å²) in [5.74, 6) is 1.12. The minimum Gasteiger partial charge on any atom is -0.497 e. The Hall–Kier alpha value is -3.17. The van der Waals surface area contributed by atoms with Gasteiger partial charge in [0.05, 0.1) is 7.11 Å².